The molecule has 0 radical (unpaired) electrons. The summed E-state index contributed by atoms with van der Waals surface area (Å²) in [7, 11) is -1.16. The second-order valence-corrected chi connectivity index (χ2v) is 13.0. The standard InChI is InChI=1S/C19H30N2Si/c1-5-14(22(2,3)4)10-11-18-19-16(12-13-20-18)15-8-6-7-9-17(15)21-19/h5-9,16,18-21H,10-13H2,1-4H3. The van der Waals surface area contributed by atoms with Gasteiger partial charge in [0.05, 0.1) is 8.07 Å². The summed E-state index contributed by atoms with van der Waals surface area (Å²) >= 11 is 0. The molecule has 1 aromatic rings. The van der Waals surface area contributed by atoms with E-state index in [-0.39, 0.29) is 0 Å². The van der Waals surface area contributed by atoms with Gasteiger partial charge in [0.15, 0.2) is 0 Å². The van der Waals surface area contributed by atoms with E-state index in [1.54, 1.807) is 5.20 Å². The van der Waals surface area contributed by atoms with Crippen LogP contribution in [0.15, 0.2) is 35.5 Å². The van der Waals surface area contributed by atoms with Gasteiger partial charge < -0.3 is 10.6 Å². The second kappa shape index (κ2) is 6.21. The van der Waals surface area contributed by atoms with Crippen LogP contribution in [0, 0.1) is 0 Å². The Morgan fingerprint density at radius 3 is 2.77 bits per heavy atom. The molecule has 3 heteroatoms. The third-order valence-corrected chi connectivity index (χ3v) is 7.91. The van der Waals surface area contributed by atoms with Crippen molar-refractivity contribution in [3.8, 4) is 0 Å². The number of nitrogens with one attached hydrogen (secondary N) is 2. The summed E-state index contributed by atoms with van der Waals surface area (Å²) in [6.45, 7) is 10.8. The van der Waals surface area contributed by atoms with Gasteiger partial charge >= 0.3 is 0 Å². The normalized spacial score (nSPS) is 28.0. The lowest BCUT2D eigenvalue weighted by Gasteiger charge is -2.36. The molecule has 1 aromatic carbocycles. The first-order chi connectivity index (χ1) is 10.5. The Morgan fingerprint density at radius 1 is 1.27 bits per heavy atom. The van der Waals surface area contributed by atoms with Gasteiger partial charge in [-0.25, -0.2) is 0 Å². The van der Waals surface area contributed by atoms with E-state index in [9.17, 15) is 0 Å². The maximum absolute atomic E-state index is 3.80. The third-order valence-electron chi connectivity index (χ3n) is 5.45. The topological polar surface area (TPSA) is 24.1 Å². The number of hydrogen-bond donors (Lipinski definition) is 2. The van der Waals surface area contributed by atoms with E-state index in [1.165, 1.54) is 30.5 Å². The van der Waals surface area contributed by atoms with E-state index in [4.69, 9.17) is 0 Å². The van der Waals surface area contributed by atoms with Crippen LogP contribution in [0.5, 0.6) is 0 Å². The van der Waals surface area contributed by atoms with Crippen LogP contribution in [-0.4, -0.2) is 26.7 Å². The van der Waals surface area contributed by atoms with Crippen LogP contribution in [0.25, 0.3) is 0 Å². The highest BCUT2D eigenvalue weighted by Gasteiger charge is 2.39. The minimum Gasteiger partial charge on any atom is -0.380 e. The molecule has 2 N–H and O–H groups in total. The Balaban J connectivity index is 1.69. The lowest BCUT2D eigenvalue weighted by Crippen LogP contribution is -2.50. The van der Waals surface area contributed by atoms with Gasteiger partial charge in [-0.15, -0.1) is 0 Å². The highest BCUT2D eigenvalue weighted by atomic mass is 28.3. The molecule has 0 spiro atoms. The number of benzene rings is 1. The van der Waals surface area contributed by atoms with Gasteiger partial charge in [-0.1, -0.05) is 49.1 Å². The largest absolute Gasteiger partial charge is 0.380 e. The predicted octanol–water partition coefficient (Wildman–Crippen LogP) is 4.53. The van der Waals surface area contributed by atoms with E-state index in [1.807, 2.05) is 0 Å². The molecular formula is C19H30N2Si. The number of anilines is 1. The first-order valence-corrected chi connectivity index (χ1v) is 12.2. The molecule has 0 bridgehead atoms. The number of piperidine rings is 1. The quantitative estimate of drug-likeness (QED) is 0.798. The maximum atomic E-state index is 3.80. The van der Waals surface area contributed by atoms with Crippen LogP contribution < -0.4 is 10.6 Å². The van der Waals surface area contributed by atoms with Crippen LogP contribution >= 0.6 is 0 Å². The maximum Gasteiger partial charge on any atom is 0.0720 e. The van der Waals surface area contributed by atoms with E-state index < -0.39 is 8.07 Å². The summed E-state index contributed by atoms with van der Waals surface area (Å²) < 4.78 is 0. The number of hydrogen-bond acceptors (Lipinski definition) is 2. The van der Waals surface area contributed by atoms with Crippen molar-refractivity contribution in [1.29, 1.82) is 0 Å². The molecule has 3 unspecified atom stereocenters. The summed E-state index contributed by atoms with van der Waals surface area (Å²) in [4.78, 5) is 0. The third kappa shape index (κ3) is 3.02. The van der Waals surface area contributed by atoms with Crippen molar-refractivity contribution in [3.63, 3.8) is 0 Å². The molecule has 0 amide bonds. The van der Waals surface area contributed by atoms with E-state index >= 15 is 0 Å². The molecule has 2 aliphatic rings. The van der Waals surface area contributed by atoms with Gasteiger partial charge in [0, 0.05) is 23.7 Å². The molecule has 0 saturated carbocycles. The molecule has 0 aromatic heterocycles. The molecular weight excluding hydrogens is 284 g/mol. The van der Waals surface area contributed by atoms with Crippen molar-refractivity contribution in [3.05, 3.63) is 41.1 Å². The Morgan fingerprint density at radius 2 is 2.05 bits per heavy atom. The lowest BCUT2D eigenvalue weighted by molar-refractivity contribution is 0.328. The summed E-state index contributed by atoms with van der Waals surface area (Å²) in [5.41, 5.74) is 2.90. The summed E-state index contributed by atoms with van der Waals surface area (Å²) in [5.74, 6) is 0.698. The van der Waals surface area contributed by atoms with E-state index in [0.29, 0.717) is 18.0 Å². The van der Waals surface area contributed by atoms with Crippen molar-refractivity contribution >= 4 is 13.8 Å². The Kier molecular flexibility index (Phi) is 4.46. The zero-order valence-corrected chi connectivity index (χ0v) is 15.4. The first-order valence-electron chi connectivity index (χ1n) is 8.75. The van der Waals surface area contributed by atoms with E-state index in [0.717, 1.165) is 6.54 Å². The number of allylic oxidation sites excluding steroid dienone is 2. The van der Waals surface area contributed by atoms with Crippen molar-refractivity contribution in [1.82, 2.24) is 5.32 Å². The summed E-state index contributed by atoms with van der Waals surface area (Å²) in [6.07, 6.45) is 6.15. The fourth-order valence-electron chi connectivity index (χ4n) is 4.24. The Labute approximate surface area is 136 Å². The zero-order valence-electron chi connectivity index (χ0n) is 14.4. The summed E-state index contributed by atoms with van der Waals surface area (Å²) in [6, 6.07) is 10.1. The second-order valence-electron chi connectivity index (χ2n) is 7.82. The molecule has 3 rings (SSSR count). The average Bonchev–Trinajstić information content (AvgIpc) is 2.86. The zero-order chi connectivity index (χ0) is 15.7. The van der Waals surface area contributed by atoms with Gasteiger partial charge in [0.1, 0.15) is 0 Å². The van der Waals surface area contributed by atoms with E-state index in [2.05, 4.69) is 67.5 Å². The first kappa shape index (κ1) is 15.8. The molecule has 22 heavy (non-hydrogen) atoms. The molecule has 1 saturated heterocycles. The van der Waals surface area contributed by atoms with Gasteiger partial charge in [0.2, 0.25) is 0 Å². The smallest absolute Gasteiger partial charge is 0.0720 e. The number of rotatable bonds is 4. The Hall–Kier alpha value is -1.06. The number of para-hydroxylation sites is 1. The van der Waals surface area contributed by atoms with Gasteiger partial charge in [-0.05, 0) is 44.4 Å². The fourth-order valence-corrected chi connectivity index (χ4v) is 6.00. The molecule has 2 heterocycles. The van der Waals surface area contributed by atoms with Crippen LogP contribution in [0.2, 0.25) is 19.6 Å². The molecule has 2 aliphatic heterocycles. The SMILES string of the molecule is CC=C(CCC1NCCC2c3ccccc3NC12)[Si](C)(C)C. The van der Waals surface area contributed by atoms with Gasteiger partial charge in [0.25, 0.3) is 0 Å². The van der Waals surface area contributed by atoms with Crippen LogP contribution in [0.3, 0.4) is 0 Å². The van der Waals surface area contributed by atoms with Gasteiger partial charge in [-0.3, -0.25) is 0 Å². The minimum absolute atomic E-state index is 0.575. The molecule has 1 fully saturated rings. The van der Waals surface area contributed by atoms with Crippen LogP contribution in [0.4, 0.5) is 5.69 Å². The Bertz CT molecular complexity index is 559. The minimum atomic E-state index is -1.16. The lowest BCUT2D eigenvalue weighted by atomic mass is 9.83. The van der Waals surface area contributed by atoms with Crippen molar-refractivity contribution in [2.45, 2.75) is 63.8 Å². The molecule has 120 valence electrons. The predicted molar refractivity (Wildman–Crippen MR) is 99.3 cm³/mol. The monoisotopic (exact) mass is 314 g/mol. The number of fused-ring (bicyclic) bond motifs is 3. The highest BCUT2D eigenvalue weighted by molar-refractivity contribution is 6.83. The van der Waals surface area contributed by atoms with Gasteiger partial charge in [-0.2, -0.15) is 0 Å². The van der Waals surface area contributed by atoms with Crippen LogP contribution in [-0.2, 0) is 0 Å². The summed E-state index contributed by atoms with van der Waals surface area (Å²) in [5, 5.41) is 9.29. The highest BCUT2D eigenvalue weighted by Crippen LogP contribution is 2.41. The fraction of sp³-hybridized carbons (Fsp3) is 0.579. The molecule has 0 aliphatic carbocycles. The van der Waals surface area contributed by atoms with Crippen molar-refractivity contribution in [2.24, 2.45) is 0 Å². The average molecular weight is 315 g/mol. The van der Waals surface area contributed by atoms with Crippen molar-refractivity contribution < 1.29 is 0 Å². The van der Waals surface area contributed by atoms with Crippen molar-refractivity contribution in [2.75, 3.05) is 11.9 Å². The molecule has 2 nitrogen and oxygen atoms in total. The van der Waals surface area contributed by atoms with Crippen LogP contribution in [0.1, 0.15) is 37.7 Å². The molecule has 3 atom stereocenters.